The van der Waals surface area contributed by atoms with Crippen LogP contribution in [0.2, 0.25) is 0 Å². The highest BCUT2D eigenvalue weighted by atomic mass is 32.1. The van der Waals surface area contributed by atoms with Crippen molar-refractivity contribution in [3.05, 3.63) is 30.3 Å². The molecule has 6 heteroatoms. The van der Waals surface area contributed by atoms with Crippen molar-refractivity contribution in [2.75, 3.05) is 13.2 Å². The first kappa shape index (κ1) is 13.5. The van der Waals surface area contributed by atoms with Gasteiger partial charge in [-0.3, -0.25) is 4.79 Å². The summed E-state index contributed by atoms with van der Waals surface area (Å²) >= 11 is 1.15. The second-order valence-electron chi connectivity index (χ2n) is 3.89. The van der Waals surface area contributed by atoms with Crippen LogP contribution in [-0.2, 0) is 4.79 Å². The van der Waals surface area contributed by atoms with Gasteiger partial charge in [0.1, 0.15) is 0 Å². The topological polar surface area (TPSA) is 64.1 Å². The van der Waals surface area contributed by atoms with E-state index >= 15 is 0 Å². The van der Waals surface area contributed by atoms with Crippen molar-refractivity contribution in [2.24, 2.45) is 0 Å². The number of nitrogens with zero attached hydrogens (tertiary/aromatic N) is 2. The average molecular weight is 277 g/mol. The molecule has 0 saturated heterocycles. The lowest BCUT2D eigenvalue weighted by atomic mass is 10.2. The number of nitrogens with one attached hydrogen (secondary N) is 1. The maximum atomic E-state index is 11.4. The molecule has 0 saturated carbocycles. The van der Waals surface area contributed by atoms with Crippen molar-refractivity contribution in [1.29, 1.82) is 0 Å². The average Bonchev–Trinajstić information content (AvgIpc) is 2.93. The van der Waals surface area contributed by atoms with Crippen LogP contribution in [0.1, 0.15) is 13.3 Å². The zero-order valence-electron chi connectivity index (χ0n) is 10.6. The predicted molar refractivity (Wildman–Crippen MR) is 74.1 cm³/mol. The zero-order chi connectivity index (χ0) is 13.5. The lowest BCUT2D eigenvalue weighted by Gasteiger charge is -2.02. The molecule has 1 aromatic heterocycles. The molecule has 0 aliphatic rings. The van der Waals surface area contributed by atoms with Crippen LogP contribution in [0, 0.1) is 0 Å². The molecular formula is C13H15N3O2S. The van der Waals surface area contributed by atoms with Crippen molar-refractivity contribution < 1.29 is 9.53 Å². The summed E-state index contributed by atoms with van der Waals surface area (Å²) in [6.07, 6.45) is 0.905. The first-order chi connectivity index (χ1) is 9.29. The van der Waals surface area contributed by atoms with Gasteiger partial charge in [0.25, 0.3) is 11.1 Å². The van der Waals surface area contributed by atoms with Gasteiger partial charge < -0.3 is 10.1 Å². The molecule has 100 valence electrons. The van der Waals surface area contributed by atoms with E-state index < -0.39 is 0 Å². The van der Waals surface area contributed by atoms with E-state index in [1.54, 1.807) is 0 Å². The Morgan fingerprint density at radius 1 is 1.37 bits per heavy atom. The van der Waals surface area contributed by atoms with Gasteiger partial charge in [-0.05, 0) is 6.42 Å². The number of carbonyl (C=O) groups is 1. The molecule has 1 heterocycles. The van der Waals surface area contributed by atoms with Crippen molar-refractivity contribution in [1.82, 2.24) is 14.7 Å². The number of aromatic nitrogens is 2. The second-order valence-corrected chi connectivity index (χ2v) is 4.60. The van der Waals surface area contributed by atoms with Crippen molar-refractivity contribution >= 4 is 17.4 Å². The van der Waals surface area contributed by atoms with Gasteiger partial charge in [0.15, 0.2) is 12.4 Å². The Hall–Kier alpha value is -1.95. The molecule has 1 amide bonds. The van der Waals surface area contributed by atoms with Crippen LogP contribution in [0.3, 0.4) is 0 Å². The van der Waals surface area contributed by atoms with Crippen LogP contribution in [0.25, 0.3) is 11.4 Å². The van der Waals surface area contributed by atoms with Crippen molar-refractivity contribution in [2.45, 2.75) is 13.3 Å². The summed E-state index contributed by atoms with van der Waals surface area (Å²) in [6.45, 7) is 2.63. The van der Waals surface area contributed by atoms with E-state index in [9.17, 15) is 4.79 Å². The van der Waals surface area contributed by atoms with Crippen LogP contribution in [0.4, 0.5) is 0 Å². The summed E-state index contributed by atoms with van der Waals surface area (Å²) in [5.41, 5.74) is 0.934. The number of ether oxygens (including phenoxy) is 1. The zero-order valence-corrected chi connectivity index (χ0v) is 11.4. The van der Waals surface area contributed by atoms with E-state index in [0.717, 1.165) is 23.5 Å². The second kappa shape index (κ2) is 6.84. The first-order valence-electron chi connectivity index (χ1n) is 6.08. The third kappa shape index (κ3) is 4.03. The van der Waals surface area contributed by atoms with Crippen molar-refractivity contribution in [3.8, 4) is 16.6 Å². The van der Waals surface area contributed by atoms with E-state index in [2.05, 4.69) is 14.7 Å². The third-order valence-corrected chi connectivity index (χ3v) is 2.97. The third-order valence-electron chi connectivity index (χ3n) is 2.34. The van der Waals surface area contributed by atoms with Crippen molar-refractivity contribution in [3.63, 3.8) is 0 Å². The minimum atomic E-state index is -0.140. The molecule has 5 nitrogen and oxygen atoms in total. The minimum absolute atomic E-state index is 0.0244. The highest BCUT2D eigenvalue weighted by molar-refractivity contribution is 7.07. The monoisotopic (exact) mass is 277 g/mol. The van der Waals surface area contributed by atoms with Gasteiger partial charge in [-0.25, -0.2) is 0 Å². The highest BCUT2D eigenvalue weighted by Gasteiger charge is 2.08. The minimum Gasteiger partial charge on any atom is -0.459 e. The summed E-state index contributed by atoms with van der Waals surface area (Å²) in [4.78, 5) is 15.6. The van der Waals surface area contributed by atoms with Gasteiger partial charge in [0, 0.05) is 23.6 Å². The number of carbonyl (C=O) groups excluding carboxylic acids is 1. The fraction of sp³-hybridized carbons (Fsp3) is 0.308. The summed E-state index contributed by atoms with van der Waals surface area (Å²) in [5, 5.41) is 3.14. The lowest BCUT2D eigenvalue weighted by Crippen LogP contribution is -2.29. The van der Waals surface area contributed by atoms with Gasteiger partial charge in [-0.1, -0.05) is 37.3 Å². The van der Waals surface area contributed by atoms with E-state index in [0.29, 0.717) is 17.6 Å². The molecule has 0 spiro atoms. The normalized spacial score (nSPS) is 10.2. The van der Waals surface area contributed by atoms with Crippen LogP contribution in [0.5, 0.6) is 5.19 Å². The number of hydrogen-bond acceptors (Lipinski definition) is 5. The fourth-order valence-corrected chi connectivity index (χ4v) is 1.97. The Kier molecular flexibility index (Phi) is 4.85. The molecular weight excluding hydrogens is 262 g/mol. The van der Waals surface area contributed by atoms with Crippen LogP contribution >= 0.6 is 11.5 Å². The molecule has 0 aliphatic carbocycles. The molecule has 2 rings (SSSR count). The number of benzene rings is 1. The number of hydrogen-bond donors (Lipinski definition) is 1. The van der Waals surface area contributed by atoms with Crippen LogP contribution in [0.15, 0.2) is 30.3 Å². The molecule has 1 aromatic carbocycles. The van der Waals surface area contributed by atoms with E-state index in [4.69, 9.17) is 4.74 Å². The van der Waals surface area contributed by atoms with Gasteiger partial charge >= 0.3 is 0 Å². The summed E-state index contributed by atoms with van der Waals surface area (Å²) in [7, 11) is 0. The first-order valence-corrected chi connectivity index (χ1v) is 6.85. The summed E-state index contributed by atoms with van der Waals surface area (Å²) in [6, 6.07) is 9.65. The van der Waals surface area contributed by atoms with Crippen LogP contribution in [-0.4, -0.2) is 28.4 Å². The molecule has 1 N–H and O–H groups in total. The SMILES string of the molecule is CCCNC(=O)COc1nc(-c2ccccc2)ns1. The summed E-state index contributed by atoms with van der Waals surface area (Å²) in [5.74, 6) is 0.480. The Labute approximate surface area is 115 Å². The van der Waals surface area contributed by atoms with Gasteiger partial charge in [-0.2, -0.15) is 9.36 Å². The van der Waals surface area contributed by atoms with E-state index in [1.807, 2.05) is 37.3 Å². The number of rotatable bonds is 6. The smallest absolute Gasteiger partial charge is 0.294 e. The van der Waals surface area contributed by atoms with E-state index in [-0.39, 0.29) is 12.5 Å². The molecule has 0 unspecified atom stereocenters. The maximum Gasteiger partial charge on any atom is 0.294 e. The molecule has 0 aliphatic heterocycles. The number of amides is 1. The predicted octanol–water partition coefficient (Wildman–Crippen LogP) is 2.11. The molecule has 0 radical (unpaired) electrons. The molecule has 0 atom stereocenters. The molecule has 19 heavy (non-hydrogen) atoms. The van der Waals surface area contributed by atoms with Crippen LogP contribution < -0.4 is 10.1 Å². The van der Waals surface area contributed by atoms with Gasteiger partial charge in [0.05, 0.1) is 0 Å². The Morgan fingerprint density at radius 2 is 2.16 bits per heavy atom. The molecule has 2 aromatic rings. The largest absolute Gasteiger partial charge is 0.459 e. The highest BCUT2D eigenvalue weighted by Crippen LogP contribution is 2.22. The fourth-order valence-electron chi connectivity index (χ4n) is 1.42. The maximum absolute atomic E-state index is 11.4. The van der Waals surface area contributed by atoms with Gasteiger partial charge in [-0.15, -0.1) is 0 Å². The quantitative estimate of drug-likeness (QED) is 0.878. The Morgan fingerprint density at radius 3 is 2.89 bits per heavy atom. The summed E-state index contributed by atoms with van der Waals surface area (Å²) < 4.78 is 9.50. The lowest BCUT2D eigenvalue weighted by molar-refractivity contribution is -0.123. The molecule has 0 bridgehead atoms. The van der Waals surface area contributed by atoms with E-state index in [1.165, 1.54) is 0 Å². The Bertz CT molecular complexity index is 528. The Balaban J connectivity index is 1.90. The van der Waals surface area contributed by atoms with Gasteiger partial charge in [0.2, 0.25) is 0 Å². The standard InChI is InChI=1S/C13H15N3O2S/c1-2-8-14-11(17)9-18-13-15-12(16-19-13)10-6-4-3-5-7-10/h3-7H,2,8-9H2,1H3,(H,14,17). The molecule has 0 fully saturated rings.